The topological polar surface area (TPSA) is 46.2 Å². The molecule has 3 unspecified atom stereocenters. The van der Waals surface area contributed by atoms with Gasteiger partial charge in [-0.05, 0) is 31.2 Å². The molecule has 0 spiro atoms. The highest BCUT2D eigenvalue weighted by atomic mass is 16.3. The van der Waals surface area contributed by atoms with E-state index in [4.69, 9.17) is 5.73 Å². The summed E-state index contributed by atoms with van der Waals surface area (Å²) in [5.41, 5.74) is 8.47. The number of aryl methyl sites for hydroxylation is 1. The van der Waals surface area contributed by atoms with Crippen molar-refractivity contribution in [3.63, 3.8) is 0 Å². The Labute approximate surface area is 105 Å². The highest BCUT2D eigenvalue weighted by Gasteiger charge is 2.17. The van der Waals surface area contributed by atoms with Crippen molar-refractivity contribution in [1.82, 2.24) is 0 Å². The summed E-state index contributed by atoms with van der Waals surface area (Å²) in [6.45, 7) is 6.32. The molecule has 1 aromatic carbocycles. The number of aliphatic hydroxyl groups is 1. The summed E-state index contributed by atoms with van der Waals surface area (Å²) in [6, 6.07) is 8.41. The van der Waals surface area contributed by atoms with Crippen LogP contribution in [0.25, 0.3) is 0 Å². The van der Waals surface area contributed by atoms with Crippen molar-refractivity contribution >= 4 is 0 Å². The molecule has 3 N–H and O–H groups in total. The lowest BCUT2D eigenvalue weighted by Crippen LogP contribution is -2.35. The molecule has 2 nitrogen and oxygen atoms in total. The molecule has 0 fully saturated rings. The number of hydrogen-bond donors (Lipinski definition) is 2. The van der Waals surface area contributed by atoms with Crippen LogP contribution in [0, 0.1) is 6.92 Å². The molecule has 0 aliphatic rings. The van der Waals surface area contributed by atoms with E-state index in [1.54, 1.807) is 0 Å². The van der Waals surface area contributed by atoms with Gasteiger partial charge in [-0.2, -0.15) is 0 Å². The lowest BCUT2D eigenvalue weighted by atomic mass is 9.91. The van der Waals surface area contributed by atoms with Crippen molar-refractivity contribution in [3.05, 3.63) is 35.4 Å². The van der Waals surface area contributed by atoms with Crippen LogP contribution in [0.15, 0.2) is 24.3 Å². The summed E-state index contributed by atoms with van der Waals surface area (Å²) in [4.78, 5) is 0. The second kappa shape index (κ2) is 6.77. The average Bonchev–Trinajstić information content (AvgIpc) is 2.30. The lowest BCUT2D eigenvalue weighted by molar-refractivity contribution is 0.124. The van der Waals surface area contributed by atoms with Crippen molar-refractivity contribution < 1.29 is 5.11 Å². The van der Waals surface area contributed by atoms with E-state index in [0.29, 0.717) is 5.92 Å². The molecule has 0 saturated carbocycles. The lowest BCUT2D eigenvalue weighted by Gasteiger charge is -2.22. The molecule has 0 amide bonds. The summed E-state index contributed by atoms with van der Waals surface area (Å²) in [6.07, 6.45) is 2.26. The Bertz CT molecular complexity index is 320. The van der Waals surface area contributed by atoms with Gasteiger partial charge in [-0.25, -0.2) is 0 Å². The Kier molecular flexibility index (Phi) is 5.66. The van der Waals surface area contributed by atoms with Crippen LogP contribution in [-0.2, 0) is 0 Å². The van der Waals surface area contributed by atoms with E-state index in [1.807, 2.05) is 0 Å². The van der Waals surface area contributed by atoms with E-state index >= 15 is 0 Å². The van der Waals surface area contributed by atoms with Crippen LogP contribution in [-0.4, -0.2) is 17.3 Å². The predicted molar refractivity (Wildman–Crippen MR) is 73.1 cm³/mol. The van der Waals surface area contributed by atoms with Gasteiger partial charge in [-0.3, -0.25) is 0 Å². The molecule has 3 atom stereocenters. The van der Waals surface area contributed by atoms with E-state index in [1.165, 1.54) is 11.1 Å². The first kappa shape index (κ1) is 14.2. The fourth-order valence-electron chi connectivity index (χ4n) is 2.09. The Morgan fingerprint density at radius 3 is 2.35 bits per heavy atom. The second-order valence-corrected chi connectivity index (χ2v) is 5.07. The van der Waals surface area contributed by atoms with E-state index in [2.05, 4.69) is 45.0 Å². The first-order valence-corrected chi connectivity index (χ1v) is 6.54. The maximum Gasteiger partial charge on any atom is 0.0696 e. The van der Waals surface area contributed by atoms with Crippen molar-refractivity contribution in [2.45, 2.75) is 58.1 Å². The van der Waals surface area contributed by atoms with Crippen molar-refractivity contribution in [1.29, 1.82) is 0 Å². The predicted octanol–water partition coefficient (Wildman–Crippen LogP) is 2.98. The van der Waals surface area contributed by atoms with Gasteiger partial charge in [0.05, 0.1) is 6.10 Å². The highest BCUT2D eigenvalue weighted by molar-refractivity contribution is 5.24. The SMILES string of the molecule is CCCC(N)C(O)CC(C)c1ccc(C)cc1. The van der Waals surface area contributed by atoms with Crippen LogP contribution in [0.3, 0.4) is 0 Å². The molecular formula is C15H25NO. The molecule has 0 aromatic heterocycles. The number of aliphatic hydroxyl groups excluding tert-OH is 1. The number of rotatable bonds is 6. The molecule has 1 aromatic rings. The van der Waals surface area contributed by atoms with Gasteiger partial charge in [0.15, 0.2) is 0 Å². The summed E-state index contributed by atoms with van der Waals surface area (Å²) in [5.74, 6) is 0.355. The Morgan fingerprint density at radius 2 is 1.82 bits per heavy atom. The number of nitrogens with two attached hydrogens (primary N) is 1. The van der Waals surface area contributed by atoms with Crippen molar-refractivity contribution in [2.24, 2.45) is 5.73 Å². The fourth-order valence-corrected chi connectivity index (χ4v) is 2.09. The fraction of sp³-hybridized carbons (Fsp3) is 0.600. The van der Waals surface area contributed by atoms with E-state index in [0.717, 1.165) is 19.3 Å². The zero-order valence-corrected chi connectivity index (χ0v) is 11.2. The third-order valence-corrected chi connectivity index (χ3v) is 3.36. The van der Waals surface area contributed by atoms with E-state index < -0.39 is 6.10 Å². The van der Waals surface area contributed by atoms with Crippen LogP contribution in [0.1, 0.15) is 50.2 Å². The quantitative estimate of drug-likeness (QED) is 0.796. The molecule has 17 heavy (non-hydrogen) atoms. The largest absolute Gasteiger partial charge is 0.391 e. The maximum absolute atomic E-state index is 10.0. The minimum Gasteiger partial charge on any atom is -0.391 e. The molecule has 96 valence electrons. The third-order valence-electron chi connectivity index (χ3n) is 3.36. The molecule has 0 heterocycles. The molecule has 0 aliphatic heterocycles. The number of hydrogen-bond acceptors (Lipinski definition) is 2. The standard InChI is InChI=1S/C15H25NO/c1-4-5-14(16)15(17)10-12(3)13-8-6-11(2)7-9-13/h6-9,12,14-15,17H,4-5,10,16H2,1-3H3. The molecule has 0 saturated heterocycles. The molecular weight excluding hydrogens is 210 g/mol. The van der Waals surface area contributed by atoms with Gasteiger partial charge in [0, 0.05) is 6.04 Å². The molecule has 1 rings (SSSR count). The van der Waals surface area contributed by atoms with Crippen molar-refractivity contribution in [2.75, 3.05) is 0 Å². The minimum absolute atomic E-state index is 0.0899. The first-order valence-electron chi connectivity index (χ1n) is 6.54. The smallest absolute Gasteiger partial charge is 0.0696 e. The molecule has 0 radical (unpaired) electrons. The van der Waals surface area contributed by atoms with Crippen LogP contribution < -0.4 is 5.73 Å². The van der Waals surface area contributed by atoms with E-state index in [9.17, 15) is 5.11 Å². The normalized spacial score (nSPS) is 16.5. The minimum atomic E-state index is -0.397. The second-order valence-electron chi connectivity index (χ2n) is 5.07. The first-order chi connectivity index (χ1) is 8.04. The molecule has 0 aliphatic carbocycles. The van der Waals surface area contributed by atoms with Crippen LogP contribution >= 0.6 is 0 Å². The zero-order valence-electron chi connectivity index (χ0n) is 11.2. The molecule has 0 bridgehead atoms. The van der Waals surface area contributed by atoms with Gasteiger partial charge in [0.1, 0.15) is 0 Å². The van der Waals surface area contributed by atoms with Gasteiger partial charge in [-0.15, -0.1) is 0 Å². The number of benzene rings is 1. The maximum atomic E-state index is 10.0. The van der Waals surface area contributed by atoms with Gasteiger partial charge >= 0.3 is 0 Å². The van der Waals surface area contributed by atoms with Gasteiger partial charge in [0.2, 0.25) is 0 Å². The van der Waals surface area contributed by atoms with Crippen molar-refractivity contribution in [3.8, 4) is 0 Å². The van der Waals surface area contributed by atoms with Crippen LogP contribution in [0.4, 0.5) is 0 Å². The summed E-state index contributed by atoms with van der Waals surface area (Å²) < 4.78 is 0. The van der Waals surface area contributed by atoms with Gasteiger partial charge in [-0.1, -0.05) is 50.1 Å². The van der Waals surface area contributed by atoms with E-state index in [-0.39, 0.29) is 6.04 Å². The average molecular weight is 235 g/mol. The highest BCUT2D eigenvalue weighted by Crippen LogP contribution is 2.22. The van der Waals surface area contributed by atoms with Gasteiger partial charge in [0.25, 0.3) is 0 Å². The Hall–Kier alpha value is -0.860. The molecule has 2 heteroatoms. The zero-order chi connectivity index (χ0) is 12.8. The van der Waals surface area contributed by atoms with Crippen LogP contribution in [0.5, 0.6) is 0 Å². The third kappa shape index (κ3) is 4.49. The summed E-state index contributed by atoms with van der Waals surface area (Å²) in [5, 5.41) is 10.0. The monoisotopic (exact) mass is 235 g/mol. The summed E-state index contributed by atoms with van der Waals surface area (Å²) >= 11 is 0. The Balaban J connectivity index is 2.53. The van der Waals surface area contributed by atoms with Gasteiger partial charge < -0.3 is 10.8 Å². The summed E-state index contributed by atoms with van der Waals surface area (Å²) in [7, 11) is 0. The Morgan fingerprint density at radius 1 is 1.24 bits per heavy atom. The van der Waals surface area contributed by atoms with Crippen LogP contribution in [0.2, 0.25) is 0 Å².